The molecule has 7 nitrogen and oxygen atoms in total. The number of fused-ring (bicyclic) bond motifs is 1. The first-order valence-corrected chi connectivity index (χ1v) is 11.8. The second-order valence-electron chi connectivity index (χ2n) is 7.68. The van der Waals surface area contributed by atoms with Gasteiger partial charge in [0.05, 0.1) is 11.8 Å². The summed E-state index contributed by atoms with van der Waals surface area (Å²) in [6, 6.07) is 9.38. The highest BCUT2D eigenvalue weighted by atomic mass is 32.2. The molecule has 3 rings (SSSR count). The summed E-state index contributed by atoms with van der Waals surface area (Å²) in [4.78, 5) is 26.0. The van der Waals surface area contributed by atoms with Crippen molar-refractivity contribution < 1.29 is 31.2 Å². The molecule has 0 fully saturated rings. The third kappa shape index (κ3) is 5.92. The lowest BCUT2D eigenvalue weighted by molar-refractivity contribution is -0.137. The SMILES string of the molecule is C=CC(=O)NCC1Cc2c(C(=O)NS(C)(=O)=O)cccc2N(c2ccc(C(F)(F)F)cc2)C1. The lowest BCUT2D eigenvalue weighted by Gasteiger charge is -2.37. The number of benzene rings is 2. The number of anilines is 2. The Balaban J connectivity index is 2.03. The lowest BCUT2D eigenvalue weighted by atomic mass is 9.88. The summed E-state index contributed by atoms with van der Waals surface area (Å²) >= 11 is 0. The molecule has 11 heteroatoms. The second kappa shape index (κ2) is 9.26. The van der Waals surface area contributed by atoms with Gasteiger partial charge < -0.3 is 10.2 Å². The zero-order valence-electron chi connectivity index (χ0n) is 17.6. The molecule has 2 N–H and O–H groups in total. The highest BCUT2D eigenvalue weighted by molar-refractivity contribution is 7.89. The monoisotopic (exact) mass is 481 g/mol. The number of amides is 2. The van der Waals surface area contributed by atoms with Gasteiger partial charge in [-0.2, -0.15) is 13.2 Å². The van der Waals surface area contributed by atoms with Crippen LogP contribution in [0.25, 0.3) is 0 Å². The number of hydrogen-bond acceptors (Lipinski definition) is 5. The fourth-order valence-corrected chi connectivity index (χ4v) is 4.16. The summed E-state index contributed by atoms with van der Waals surface area (Å²) in [5, 5.41) is 2.69. The van der Waals surface area contributed by atoms with E-state index in [0.717, 1.165) is 24.5 Å². The van der Waals surface area contributed by atoms with Crippen LogP contribution in [0.4, 0.5) is 24.5 Å². The first kappa shape index (κ1) is 24.3. The van der Waals surface area contributed by atoms with Crippen LogP contribution in [0.15, 0.2) is 55.1 Å². The van der Waals surface area contributed by atoms with Gasteiger partial charge in [0.2, 0.25) is 15.9 Å². The molecular weight excluding hydrogens is 459 g/mol. The van der Waals surface area contributed by atoms with Crippen LogP contribution >= 0.6 is 0 Å². The van der Waals surface area contributed by atoms with E-state index >= 15 is 0 Å². The number of sulfonamides is 1. The van der Waals surface area contributed by atoms with E-state index in [2.05, 4.69) is 11.9 Å². The van der Waals surface area contributed by atoms with Crippen molar-refractivity contribution in [3.63, 3.8) is 0 Å². The van der Waals surface area contributed by atoms with E-state index in [9.17, 15) is 31.2 Å². The summed E-state index contributed by atoms with van der Waals surface area (Å²) < 4.78 is 64.1. The first-order chi connectivity index (χ1) is 15.4. The van der Waals surface area contributed by atoms with E-state index in [1.54, 1.807) is 17.0 Å². The second-order valence-corrected chi connectivity index (χ2v) is 9.43. The fourth-order valence-electron chi connectivity index (χ4n) is 3.72. The Morgan fingerprint density at radius 2 is 1.85 bits per heavy atom. The average molecular weight is 481 g/mol. The van der Waals surface area contributed by atoms with E-state index in [0.29, 0.717) is 29.9 Å². The van der Waals surface area contributed by atoms with Gasteiger partial charge in [-0.25, -0.2) is 13.1 Å². The van der Waals surface area contributed by atoms with Crippen LogP contribution in [-0.2, 0) is 27.4 Å². The van der Waals surface area contributed by atoms with Gasteiger partial charge in [0.15, 0.2) is 0 Å². The van der Waals surface area contributed by atoms with Crippen LogP contribution in [0.5, 0.6) is 0 Å². The normalized spacial score (nSPS) is 16.0. The van der Waals surface area contributed by atoms with Gasteiger partial charge in [0.25, 0.3) is 5.91 Å². The molecule has 1 atom stereocenters. The molecular formula is C22H22F3N3O4S. The fraction of sp³-hybridized carbons (Fsp3) is 0.273. The molecule has 0 saturated heterocycles. The third-order valence-electron chi connectivity index (χ3n) is 5.16. The summed E-state index contributed by atoms with van der Waals surface area (Å²) in [6.07, 6.45) is -2.15. The minimum atomic E-state index is -4.48. The van der Waals surface area contributed by atoms with Crippen LogP contribution in [-0.4, -0.2) is 39.6 Å². The predicted octanol–water partition coefficient (Wildman–Crippen LogP) is 3.01. The molecule has 33 heavy (non-hydrogen) atoms. The molecule has 2 aromatic rings. The molecule has 1 heterocycles. The number of rotatable bonds is 6. The molecule has 1 unspecified atom stereocenters. The Labute approximate surface area is 189 Å². The Hall–Kier alpha value is -3.34. The molecule has 1 aliphatic heterocycles. The van der Waals surface area contributed by atoms with Crippen LogP contribution in [0.2, 0.25) is 0 Å². The van der Waals surface area contributed by atoms with Crippen molar-refractivity contribution >= 4 is 33.2 Å². The standard InChI is InChI=1S/C22H22F3N3O4S/c1-3-20(29)26-12-14-11-18-17(21(30)27-33(2,31)32)5-4-6-19(18)28(13-14)16-9-7-15(8-10-16)22(23,24)25/h3-10,14H,1,11-13H2,2H3,(H,26,29)(H,27,30). The van der Waals surface area contributed by atoms with E-state index in [4.69, 9.17) is 0 Å². The van der Waals surface area contributed by atoms with Crippen LogP contribution in [0, 0.1) is 5.92 Å². The molecule has 0 saturated carbocycles. The minimum Gasteiger partial charge on any atom is -0.352 e. The highest BCUT2D eigenvalue weighted by Crippen LogP contribution is 2.38. The molecule has 2 aromatic carbocycles. The van der Waals surface area contributed by atoms with Gasteiger partial charge in [-0.1, -0.05) is 12.6 Å². The maximum Gasteiger partial charge on any atom is 0.416 e. The van der Waals surface area contributed by atoms with Crippen molar-refractivity contribution in [2.24, 2.45) is 5.92 Å². The summed E-state index contributed by atoms with van der Waals surface area (Å²) in [5.74, 6) is -1.40. The predicted molar refractivity (Wildman–Crippen MR) is 118 cm³/mol. The summed E-state index contributed by atoms with van der Waals surface area (Å²) in [6.45, 7) is 3.98. The van der Waals surface area contributed by atoms with E-state index < -0.39 is 27.7 Å². The largest absolute Gasteiger partial charge is 0.416 e. The maximum atomic E-state index is 13.0. The molecule has 0 aliphatic carbocycles. The number of alkyl halides is 3. The van der Waals surface area contributed by atoms with Crippen molar-refractivity contribution in [3.8, 4) is 0 Å². The minimum absolute atomic E-state index is 0.134. The van der Waals surface area contributed by atoms with Gasteiger partial charge in [0, 0.05) is 30.0 Å². The topological polar surface area (TPSA) is 95.6 Å². The number of hydrogen-bond donors (Lipinski definition) is 2. The van der Waals surface area contributed by atoms with Crippen molar-refractivity contribution in [3.05, 3.63) is 71.8 Å². The molecule has 0 aromatic heterocycles. The van der Waals surface area contributed by atoms with Crippen LogP contribution in [0.3, 0.4) is 0 Å². The Morgan fingerprint density at radius 3 is 2.42 bits per heavy atom. The van der Waals surface area contributed by atoms with Gasteiger partial charge in [-0.15, -0.1) is 0 Å². The Morgan fingerprint density at radius 1 is 1.18 bits per heavy atom. The first-order valence-electron chi connectivity index (χ1n) is 9.88. The van der Waals surface area contributed by atoms with Gasteiger partial charge in [-0.05, 0) is 60.4 Å². The van der Waals surface area contributed by atoms with E-state index in [1.807, 2.05) is 4.72 Å². The third-order valence-corrected chi connectivity index (χ3v) is 5.71. The van der Waals surface area contributed by atoms with Crippen molar-refractivity contribution in [1.82, 2.24) is 10.0 Å². The highest BCUT2D eigenvalue weighted by Gasteiger charge is 2.32. The molecule has 1 aliphatic rings. The molecule has 0 bridgehead atoms. The molecule has 176 valence electrons. The summed E-state index contributed by atoms with van der Waals surface area (Å²) in [7, 11) is -3.81. The Bertz CT molecular complexity index is 1180. The van der Waals surface area contributed by atoms with E-state index in [1.165, 1.54) is 18.2 Å². The van der Waals surface area contributed by atoms with Gasteiger partial charge >= 0.3 is 6.18 Å². The van der Waals surface area contributed by atoms with Crippen LogP contribution < -0.4 is 14.9 Å². The zero-order valence-corrected chi connectivity index (χ0v) is 18.5. The smallest absolute Gasteiger partial charge is 0.352 e. The molecule has 0 radical (unpaired) electrons. The Kier molecular flexibility index (Phi) is 6.82. The number of nitrogens with zero attached hydrogens (tertiary/aromatic N) is 1. The number of carbonyl (C=O) groups is 2. The number of halogens is 3. The van der Waals surface area contributed by atoms with Gasteiger partial charge in [0.1, 0.15) is 0 Å². The maximum absolute atomic E-state index is 13.0. The molecule has 2 amide bonds. The van der Waals surface area contributed by atoms with Gasteiger partial charge in [-0.3, -0.25) is 9.59 Å². The van der Waals surface area contributed by atoms with Crippen LogP contribution in [0.1, 0.15) is 21.5 Å². The summed E-state index contributed by atoms with van der Waals surface area (Å²) in [5.41, 5.74) is 0.906. The average Bonchev–Trinajstić information content (AvgIpc) is 2.74. The molecule has 0 spiro atoms. The quantitative estimate of drug-likeness (QED) is 0.619. The van der Waals surface area contributed by atoms with E-state index in [-0.39, 0.29) is 23.9 Å². The zero-order chi connectivity index (χ0) is 24.4. The number of nitrogens with one attached hydrogen (secondary N) is 2. The number of carbonyl (C=O) groups excluding carboxylic acids is 2. The van der Waals surface area contributed by atoms with Crippen molar-refractivity contribution in [2.45, 2.75) is 12.6 Å². The lowest BCUT2D eigenvalue weighted by Crippen LogP contribution is -2.40. The van der Waals surface area contributed by atoms with Crippen molar-refractivity contribution in [2.75, 3.05) is 24.2 Å². The van der Waals surface area contributed by atoms with Crippen molar-refractivity contribution in [1.29, 1.82) is 0 Å².